The number of fused-ring (bicyclic) bond motifs is 2. The Morgan fingerprint density at radius 3 is 2.60 bits per heavy atom. The van der Waals surface area contributed by atoms with Crippen molar-refractivity contribution >= 4 is 34.5 Å². The van der Waals surface area contributed by atoms with E-state index in [2.05, 4.69) is 52.5 Å². The highest BCUT2D eigenvalue weighted by molar-refractivity contribution is 6.16. The Morgan fingerprint density at radius 2 is 1.93 bits per heavy atom. The Hall–Kier alpha value is -4.61. The molecule has 0 spiro atoms. The van der Waals surface area contributed by atoms with Crippen molar-refractivity contribution in [3.63, 3.8) is 0 Å². The number of nitrogens with one attached hydrogen (secondary N) is 3. The Kier molecular flexibility index (Phi) is 8.56. The van der Waals surface area contributed by atoms with Crippen molar-refractivity contribution in [3.8, 4) is 22.8 Å². The number of amides is 2. The molecule has 3 heterocycles. The molecule has 0 radical (unpaired) electrons. The second-order valence-electron chi connectivity index (χ2n) is 10.9. The molecule has 5 rings (SSSR count). The number of rotatable bonds is 10. The number of carbonyl (C=O) groups is 2. The van der Waals surface area contributed by atoms with Crippen LogP contribution in [-0.4, -0.2) is 78.9 Å². The van der Waals surface area contributed by atoms with E-state index in [1.165, 1.54) is 7.05 Å². The SMILES string of the molecule is CNC(=O)Nc1ccc2c(c1)C(=O)C(=Cc1c(-c3c(C)nn(C)c3C)n(CCNCCN(C)C)c3ccc(OC)cc13)O2. The minimum Gasteiger partial charge on any atom is -0.497 e. The maximum atomic E-state index is 13.7. The van der Waals surface area contributed by atoms with Gasteiger partial charge in [-0.25, -0.2) is 4.79 Å². The number of hydrogen-bond donors (Lipinski definition) is 3. The first kappa shape index (κ1) is 29.9. The minimum atomic E-state index is -0.369. The fourth-order valence-corrected chi connectivity index (χ4v) is 5.46. The summed E-state index contributed by atoms with van der Waals surface area (Å²) in [7, 11) is 9.24. The molecule has 2 amide bonds. The molecule has 2 aromatic heterocycles. The third-order valence-corrected chi connectivity index (χ3v) is 7.73. The number of carbonyl (C=O) groups excluding carboxylic acids is 2. The monoisotopic (exact) mass is 585 g/mol. The van der Waals surface area contributed by atoms with Crippen molar-refractivity contribution in [2.45, 2.75) is 20.4 Å². The molecule has 226 valence electrons. The number of likely N-dealkylation sites (N-methyl/N-ethyl adjacent to an activating group) is 1. The number of allylic oxidation sites excluding steroid dienone is 1. The summed E-state index contributed by atoms with van der Waals surface area (Å²) in [5.41, 5.74) is 6.63. The van der Waals surface area contributed by atoms with Crippen molar-refractivity contribution in [2.24, 2.45) is 7.05 Å². The average molecular weight is 586 g/mol. The molecule has 11 nitrogen and oxygen atoms in total. The van der Waals surface area contributed by atoms with Gasteiger partial charge in [0.05, 0.1) is 24.1 Å². The molecular weight excluding hydrogens is 546 g/mol. The van der Waals surface area contributed by atoms with Gasteiger partial charge in [-0.3, -0.25) is 9.48 Å². The largest absolute Gasteiger partial charge is 0.497 e. The highest BCUT2D eigenvalue weighted by atomic mass is 16.5. The van der Waals surface area contributed by atoms with E-state index in [-0.39, 0.29) is 17.6 Å². The van der Waals surface area contributed by atoms with Gasteiger partial charge in [-0.2, -0.15) is 5.10 Å². The number of ketones is 1. The van der Waals surface area contributed by atoms with Crippen LogP contribution in [0.2, 0.25) is 0 Å². The van der Waals surface area contributed by atoms with Gasteiger partial charge in [-0.1, -0.05) is 0 Å². The van der Waals surface area contributed by atoms with Crippen molar-refractivity contribution < 1.29 is 19.1 Å². The number of aryl methyl sites for hydroxylation is 2. The number of nitrogens with zero attached hydrogens (tertiary/aromatic N) is 4. The van der Waals surface area contributed by atoms with Gasteiger partial charge in [-0.05, 0) is 70.4 Å². The fraction of sp³-hybridized carbons (Fsp3) is 0.344. The standard InChI is InChI=1S/C32H39N7O4/c1-19-29(20(2)38(6)36-19)30-24(18-28-31(40)25-16-21(35-32(41)33-3)8-11-27(25)43-28)23-17-22(42-7)9-10-26(23)39(30)15-13-34-12-14-37(4)5/h8-11,16-18,34H,12-15H2,1-7H3,(H2,33,35,41). The molecule has 0 unspecified atom stereocenters. The summed E-state index contributed by atoms with van der Waals surface area (Å²) in [5.74, 6) is 1.11. The first-order chi connectivity index (χ1) is 20.6. The van der Waals surface area contributed by atoms with Gasteiger partial charge in [0.15, 0.2) is 5.76 Å². The smallest absolute Gasteiger partial charge is 0.318 e. The van der Waals surface area contributed by atoms with E-state index in [1.807, 2.05) is 36.9 Å². The number of anilines is 1. The quantitative estimate of drug-likeness (QED) is 0.189. The van der Waals surface area contributed by atoms with Crippen molar-refractivity contribution in [1.82, 2.24) is 29.9 Å². The number of benzene rings is 2. The fourth-order valence-electron chi connectivity index (χ4n) is 5.46. The first-order valence-electron chi connectivity index (χ1n) is 14.3. The number of hydrogen-bond acceptors (Lipinski definition) is 7. The minimum absolute atomic E-state index is 0.207. The van der Waals surface area contributed by atoms with Gasteiger partial charge in [0, 0.05) is 73.7 Å². The van der Waals surface area contributed by atoms with Crippen LogP contribution in [0.1, 0.15) is 27.3 Å². The van der Waals surface area contributed by atoms with Crippen molar-refractivity contribution in [1.29, 1.82) is 0 Å². The Balaban J connectivity index is 1.65. The van der Waals surface area contributed by atoms with Gasteiger partial charge in [0.2, 0.25) is 5.78 Å². The van der Waals surface area contributed by atoms with Crippen LogP contribution in [0, 0.1) is 13.8 Å². The molecule has 1 aliphatic rings. The highest BCUT2D eigenvalue weighted by Crippen LogP contribution is 2.41. The van der Waals surface area contributed by atoms with Gasteiger partial charge >= 0.3 is 6.03 Å². The van der Waals surface area contributed by atoms with Gasteiger partial charge in [0.1, 0.15) is 11.5 Å². The predicted octanol–water partition coefficient (Wildman–Crippen LogP) is 4.19. The first-order valence-corrected chi connectivity index (χ1v) is 14.3. The zero-order chi connectivity index (χ0) is 30.8. The van der Waals surface area contributed by atoms with Crippen LogP contribution in [-0.2, 0) is 13.6 Å². The number of urea groups is 1. The summed E-state index contributed by atoms with van der Waals surface area (Å²) >= 11 is 0. The van der Waals surface area contributed by atoms with Crippen LogP contribution in [0.4, 0.5) is 10.5 Å². The number of methoxy groups -OCH3 is 1. The lowest BCUT2D eigenvalue weighted by molar-refractivity contribution is 0.101. The molecule has 0 bridgehead atoms. The zero-order valence-electron chi connectivity index (χ0n) is 25.8. The molecule has 11 heteroatoms. The van der Waals surface area contributed by atoms with E-state index in [0.717, 1.165) is 58.7 Å². The molecule has 2 aromatic carbocycles. The van der Waals surface area contributed by atoms with Crippen LogP contribution >= 0.6 is 0 Å². The molecule has 0 fully saturated rings. The van der Waals surface area contributed by atoms with E-state index in [1.54, 1.807) is 25.3 Å². The zero-order valence-corrected chi connectivity index (χ0v) is 25.8. The Labute approximate surface area is 251 Å². The molecule has 3 N–H and O–H groups in total. The Bertz CT molecular complexity index is 1730. The third kappa shape index (κ3) is 5.86. The molecule has 0 saturated carbocycles. The molecule has 43 heavy (non-hydrogen) atoms. The number of Topliss-reactive ketones (excluding diaryl/α,β-unsaturated/α-hetero) is 1. The van der Waals surface area contributed by atoms with Crippen molar-refractivity contribution in [2.75, 3.05) is 53.2 Å². The molecule has 0 saturated heterocycles. The van der Waals surface area contributed by atoms with E-state index in [4.69, 9.17) is 14.6 Å². The number of aromatic nitrogens is 3. The molecular formula is C32H39N7O4. The third-order valence-electron chi connectivity index (χ3n) is 7.73. The van der Waals surface area contributed by atoms with Crippen LogP contribution < -0.4 is 25.4 Å². The topological polar surface area (TPSA) is 115 Å². The van der Waals surface area contributed by atoms with Crippen LogP contribution in [0.15, 0.2) is 42.2 Å². The normalized spacial score (nSPS) is 13.6. The van der Waals surface area contributed by atoms with E-state index in [9.17, 15) is 9.59 Å². The van der Waals surface area contributed by atoms with E-state index < -0.39 is 0 Å². The van der Waals surface area contributed by atoms with Crippen LogP contribution in [0.5, 0.6) is 11.5 Å². The maximum Gasteiger partial charge on any atom is 0.318 e. The summed E-state index contributed by atoms with van der Waals surface area (Å²) in [6.07, 6.45) is 1.83. The van der Waals surface area contributed by atoms with Crippen LogP contribution in [0.25, 0.3) is 28.2 Å². The Morgan fingerprint density at radius 1 is 1.14 bits per heavy atom. The summed E-state index contributed by atoms with van der Waals surface area (Å²) in [6, 6.07) is 10.7. The second-order valence-corrected chi connectivity index (χ2v) is 10.9. The molecule has 0 aliphatic carbocycles. The van der Waals surface area contributed by atoms with Crippen molar-refractivity contribution in [3.05, 3.63) is 64.7 Å². The van der Waals surface area contributed by atoms with E-state index in [0.29, 0.717) is 29.3 Å². The molecule has 4 aromatic rings. The summed E-state index contributed by atoms with van der Waals surface area (Å²) in [5, 5.41) is 14.4. The van der Waals surface area contributed by atoms with Gasteiger partial charge in [0.25, 0.3) is 0 Å². The van der Waals surface area contributed by atoms with E-state index >= 15 is 0 Å². The summed E-state index contributed by atoms with van der Waals surface area (Å²) < 4.78 is 15.9. The van der Waals surface area contributed by atoms with Gasteiger partial charge in [-0.15, -0.1) is 0 Å². The van der Waals surface area contributed by atoms with Gasteiger partial charge < -0.3 is 34.9 Å². The second kappa shape index (κ2) is 12.3. The molecule has 0 atom stereocenters. The predicted molar refractivity (Wildman–Crippen MR) is 169 cm³/mol. The lowest BCUT2D eigenvalue weighted by atomic mass is 10.0. The average Bonchev–Trinajstić information content (AvgIpc) is 3.55. The van der Waals surface area contributed by atoms with Crippen LogP contribution in [0.3, 0.4) is 0 Å². The maximum absolute atomic E-state index is 13.7. The lowest BCUT2D eigenvalue weighted by Crippen LogP contribution is -2.29. The molecule has 1 aliphatic heterocycles. The summed E-state index contributed by atoms with van der Waals surface area (Å²) in [4.78, 5) is 27.7. The number of ether oxygens (including phenoxy) is 2. The highest BCUT2D eigenvalue weighted by Gasteiger charge is 2.30. The lowest BCUT2D eigenvalue weighted by Gasteiger charge is -2.15. The summed E-state index contributed by atoms with van der Waals surface area (Å²) in [6.45, 7) is 7.33.